The van der Waals surface area contributed by atoms with E-state index in [1.54, 1.807) is 30.5 Å². The number of non-ortho nitro benzene ring substituents is 2. The molecule has 0 heterocycles. The Morgan fingerprint density at radius 1 is 0.935 bits per heavy atom. The van der Waals surface area contributed by atoms with Crippen molar-refractivity contribution >= 4 is 29.2 Å². The van der Waals surface area contributed by atoms with Crippen molar-refractivity contribution in [3.05, 3.63) is 98.1 Å². The molecule has 0 aromatic heterocycles. The molecule has 10 heteroatoms. The van der Waals surface area contributed by atoms with Crippen molar-refractivity contribution in [3.8, 4) is 11.5 Å². The first-order valence-electron chi connectivity index (χ1n) is 8.80. The average Bonchev–Trinajstić information content (AvgIpc) is 2.77. The largest absolute Gasteiger partial charge is 0.494 e. The Hall–Kier alpha value is -4.60. The minimum atomic E-state index is -0.967. The molecule has 10 nitrogen and oxygen atoms in total. The summed E-state index contributed by atoms with van der Waals surface area (Å²) in [6.45, 7) is 0. The molecule has 3 aromatic rings. The van der Waals surface area contributed by atoms with Gasteiger partial charge >= 0.3 is 5.97 Å². The number of nitro benzene ring substituents is 2. The van der Waals surface area contributed by atoms with Crippen LogP contribution >= 0.6 is 0 Å². The lowest BCUT2D eigenvalue weighted by atomic mass is 10.1. The minimum Gasteiger partial charge on any atom is -0.494 e. The maximum Gasteiger partial charge on any atom is 0.344 e. The van der Waals surface area contributed by atoms with Crippen LogP contribution in [0.2, 0.25) is 0 Å². The Balaban J connectivity index is 1.82. The molecule has 0 unspecified atom stereocenters. The topological polar surface area (TPSA) is 134 Å². The van der Waals surface area contributed by atoms with Gasteiger partial charge in [-0.1, -0.05) is 24.3 Å². The number of carbonyl (C=O) groups is 1. The highest BCUT2D eigenvalue weighted by Crippen LogP contribution is 2.27. The van der Waals surface area contributed by atoms with Gasteiger partial charge in [-0.15, -0.1) is 0 Å². The van der Waals surface area contributed by atoms with Gasteiger partial charge in [0.1, 0.15) is 17.2 Å². The number of hydrogen-bond acceptors (Lipinski definition) is 8. The van der Waals surface area contributed by atoms with E-state index in [4.69, 9.17) is 9.47 Å². The van der Waals surface area contributed by atoms with Crippen LogP contribution in [0.15, 0.2) is 71.7 Å². The number of methoxy groups -OCH3 is 1. The van der Waals surface area contributed by atoms with Gasteiger partial charge in [-0.2, -0.15) is 0 Å². The summed E-state index contributed by atoms with van der Waals surface area (Å²) in [5.74, 6) is -0.234. The molecule has 0 atom stereocenters. The first kappa shape index (κ1) is 21.1. The maximum atomic E-state index is 12.4. The van der Waals surface area contributed by atoms with E-state index in [9.17, 15) is 25.0 Å². The zero-order chi connectivity index (χ0) is 22.4. The van der Waals surface area contributed by atoms with E-state index in [2.05, 4.69) is 4.99 Å². The molecule has 156 valence electrons. The highest BCUT2D eigenvalue weighted by molar-refractivity contribution is 5.93. The summed E-state index contributed by atoms with van der Waals surface area (Å²) in [6.07, 6.45) is 1.55. The molecule has 3 aromatic carbocycles. The Morgan fingerprint density at radius 2 is 1.61 bits per heavy atom. The molecule has 3 rings (SSSR count). The molecular weight excluding hydrogens is 406 g/mol. The van der Waals surface area contributed by atoms with E-state index in [0.29, 0.717) is 17.0 Å². The Bertz CT molecular complexity index is 1160. The summed E-state index contributed by atoms with van der Waals surface area (Å²) in [6, 6.07) is 16.2. The van der Waals surface area contributed by atoms with Crippen LogP contribution in [0.4, 0.5) is 17.1 Å². The monoisotopic (exact) mass is 421 g/mol. The number of rotatable bonds is 7. The molecule has 0 amide bonds. The predicted molar refractivity (Wildman–Crippen MR) is 111 cm³/mol. The number of nitro groups is 2. The van der Waals surface area contributed by atoms with Gasteiger partial charge in [0.05, 0.1) is 28.6 Å². The molecule has 0 saturated carbocycles. The van der Waals surface area contributed by atoms with Crippen molar-refractivity contribution in [1.82, 2.24) is 0 Å². The lowest BCUT2D eigenvalue weighted by molar-refractivity contribution is -0.394. The summed E-state index contributed by atoms with van der Waals surface area (Å²) in [4.78, 5) is 37.1. The van der Waals surface area contributed by atoms with Crippen LogP contribution in [0.25, 0.3) is 0 Å². The number of nitrogens with zero attached hydrogens (tertiary/aromatic N) is 3. The van der Waals surface area contributed by atoms with Crippen molar-refractivity contribution in [2.75, 3.05) is 7.11 Å². The van der Waals surface area contributed by atoms with Gasteiger partial charge in [-0.25, -0.2) is 4.79 Å². The van der Waals surface area contributed by atoms with Crippen molar-refractivity contribution in [1.29, 1.82) is 0 Å². The van der Waals surface area contributed by atoms with Crippen molar-refractivity contribution in [2.24, 2.45) is 4.99 Å². The molecule has 0 aliphatic heterocycles. The first-order chi connectivity index (χ1) is 14.9. The van der Waals surface area contributed by atoms with Gasteiger partial charge < -0.3 is 9.47 Å². The van der Waals surface area contributed by atoms with E-state index in [-0.39, 0.29) is 11.3 Å². The number of para-hydroxylation sites is 2. The molecule has 0 aliphatic rings. The fourth-order valence-corrected chi connectivity index (χ4v) is 2.63. The third-order valence-electron chi connectivity index (χ3n) is 4.07. The van der Waals surface area contributed by atoms with Crippen LogP contribution in [0, 0.1) is 20.2 Å². The van der Waals surface area contributed by atoms with E-state index < -0.39 is 27.2 Å². The number of esters is 1. The second-order valence-electron chi connectivity index (χ2n) is 6.14. The van der Waals surface area contributed by atoms with Crippen LogP contribution in [-0.4, -0.2) is 29.1 Å². The molecule has 31 heavy (non-hydrogen) atoms. The third kappa shape index (κ3) is 5.26. The molecular formula is C21H15N3O7. The van der Waals surface area contributed by atoms with Crippen LogP contribution in [0.1, 0.15) is 15.9 Å². The summed E-state index contributed by atoms with van der Waals surface area (Å²) in [7, 11) is 1.53. The second kappa shape index (κ2) is 9.27. The zero-order valence-electron chi connectivity index (χ0n) is 16.1. The van der Waals surface area contributed by atoms with Crippen LogP contribution < -0.4 is 9.47 Å². The number of benzene rings is 3. The van der Waals surface area contributed by atoms with Gasteiger partial charge in [0.2, 0.25) is 0 Å². The SMILES string of the molecule is COc1ccccc1N=Cc1cccc(OC(=O)c2cc([N+](=O)[O-])cc([N+](=O)[O-])c2)c1. The summed E-state index contributed by atoms with van der Waals surface area (Å²) in [5, 5.41) is 22.0. The molecule has 0 bridgehead atoms. The highest BCUT2D eigenvalue weighted by atomic mass is 16.6. The molecule has 0 radical (unpaired) electrons. The molecule has 0 fully saturated rings. The predicted octanol–water partition coefficient (Wildman–Crippen LogP) is 4.48. The van der Waals surface area contributed by atoms with E-state index in [0.717, 1.165) is 18.2 Å². The fraction of sp³-hybridized carbons (Fsp3) is 0.0476. The van der Waals surface area contributed by atoms with Gasteiger partial charge in [-0.3, -0.25) is 25.2 Å². The summed E-state index contributed by atoms with van der Waals surface area (Å²) < 4.78 is 10.5. The number of hydrogen-bond donors (Lipinski definition) is 0. The van der Waals surface area contributed by atoms with E-state index >= 15 is 0 Å². The molecule has 0 aliphatic carbocycles. The third-order valence-corrected chi connectivity index (χ3v) is 4.07. The van der Waals surface area contributed by atoms with Gasteiger partial charge in [0.25, 0.3) is 11.4 Å². The summed E-state index contributed by atoms with van der Waals surface area (Å²) in [5.41, 5.74) is -0.260. The Kier molecular flexibility index (Phi) is 6.31. The quantitative estimate of drug-likeness (QED) is 0.180. The van der Waals surface area contributed by atoms with Gasteiger partial charge in [0, 0.05) is 18.3 Å². The lowest BCUT2D eigenvalue weighted by Crippen LogP contribution is -2.10. The maximum absolute atomic E-state index is 12.4. The first-order valence-corrected chi connectivity index (χ1v) is 8.80. The number of aliphatic imine (C=N–C) groups is 1. The normalized spacial score (nSPS) is 10.6. The van der Waals surface area contributed by atoms with E-state index in [1.807, 2.05) is 12.1 Å². The van der Waals surface area contributed by atoms with Crippen LogP contribution in [0.5, 0.6) is 11.5 Å². The second-order valence-corrected chi connectivity index (χ2v) is 6.14. The Morgan fingerprint density at radius 3 is 2.26 bits per heavy atom. The molecule has 0 spiro atoms. The van der Waals surface area contributed by atoms with Crippen LogP contribution in [0.3, 0.4) is 0 Å². The Labute approximate surface area is 175 Å². The zero-order valence-corrected chi connectivity index (χ0v) is 16.1. The average molecular weight is 421 g/mol. The van der Waals surface area contributed by atoms with E-state index in [1.165, 1.54) is 19.2 Å². The smallest absolute Gasteiger partial charge is 0.344 e. The number of ether oxygens (including phenoxy) is 2. The van der Waals surface area contributed by atoms with Crippen LogP contribution in [-0.2, 0) is 0 Å². The standard InChI is InChI=1S/C21H15N3O7/c1-30-20-8-3-2-7-19(20)22-13-14-5-4-6-18(9-14)31-21(25)15-10-16(23(26)27)12-17(11-15)24(28)29/h2-13H,1H3. The van der Waals surface area contributed by atoms with Gasteiger partial charge in [0.15, 0.2) is 0 Å². The summed E-state index contributed by atoms with van der Waals surface area (Å²) >= 11 is 0. The van der Waals surface area contributed by atoms with Gasteiger partial charge in [-0.05, 0) is 29.8 Å². The molecule has 0 saturated heterocycles. The minimum absolute atomic E-state index is 0.142. The lowest BCUT2D eigenvalue weighted by Gasteiger charge is -2.06. The van der Waals surface area contributed by atoms with Crippen molar-refractivity contribution < 1.29 is 24.1 Å². The fourth-order valence-electron chi connectivity index (χ4n) is 2.63. The molecule has 0 N–H and O–H groups in total. The highest BCUT2D eigenvalue weighted by Gasteiger charge is 2.21. The number of carbonyl (C=O) groups excluding carboxylic acids is 1. The van der Waals surface area contributed by atoms with Crippen molar-refractivity contribution in [2.45, 2.75) is 0 Å². The van der Waals surface area contributed by atoms with Crippen molar-refractivity contribution in [3.63, 3.8) is 0 Å².